The minimum absolute atomic E-state index is 0.0183. The van der Waals surface area contributed by atoms with Gasteiger partial charge >= 0.3 is 0 Å². The first kappa shape index (κ1) is 15.2. The third-order valence-corrected chi connectivity index (χ3v) is 4.22. The lowest BCUT2D eigenvalue weighted by Gasteiger charge is -2.06. The van der Waals surface area contributed by atoms with Gasteiger partial charge in [-0.25, -0.2) is 0 Å². The first-order chi connectivity index (χ1) is 9.63. The Kier molecular flexibility index (Phi) is 5.36. The molecule has 0 spiro atoms. The third kappa shape index (κ3) is 3.49. The van der Waals surface area contributed by atoms with Gasteiger partial charge in [-0.15, -0.1) is 0 Å². The number of unbranched alkanes of at least 4 members (excludes halogenated alkanes) is 4. The molecule has 0 amide bonds. The fraction of sp³-hybridized carbons (Fsp3) is 0.529. The summed E-state index contributed by atoms with van der Waals surface area (Å²) in [4.78, 5) is 24.4. The molecule has 1 aromatic rings. The summed E-state index contributed by atoms with van der Waals surface area (Å²) in [5.74, 6) is -0.385. The van der Waals surface area contributed by atoms with Crippen LogP contribution in [-0.2, 0) is 11.2 Å². The molecule has 0 aromatic heterocycles. The van der Waals surface area contributed by atoms with Gasteiger partial charge in [0.05, 0.1) is 5.92 Å². The average Bonchev–Trinajstić information content (AvgIpc) is 2.75. The lowest BCUT2D eigenvalue weighted by molar-refractivity contribution is -0.121. The van der Waals surface area contributed by atoms with Gasteiger partial charge in [-0.1, -0.05) is 44.2 Å². The second-order valence-corrected chi connectivity index (χ2v) is 5.99. The SMILES string of the molecule is CCCCCCCC(=O)C1Cc2cc(Cl)ccc2C1=O. The van der Waals surface area contributed by atoms with Crippen molar-refractivity contribution in [2.24, 2.45) is 5.92 Å². The number of carbonyl (C=O) groups is 2. The molecule has 0 heterocycles. The number of hydrogen-bond acceptors (Lipinski definition) is 2. The van der Waals surface area contributed by atoms with Crippen LogP contribution in [0.4, 0.5) is 0 Å². The van der Waals surface area contributed by atoms with Gasteiger partial charge < -0.3 is 0 Å². The number of rotatable bonds is 7. The number of Topliss-reactive ketones (excluding diaryl/α,β-unsaturated/α-hetero) is 2. The summed E-state index contributed by atoms with van der Waals surface area (Å²) in [7, 11) is 0. The zero-order valence-electron chi connectivity index (χ0n) is 12.0. The average molecular weight is 293 g/mol. The predicted molar refractivity (Wildman–Crippen MR) is 81.4 cm³/mol. The highest BCUT2D eigenvalue weighted by atomic mass is 35.5. The molecule has 0 radical (unpaired) electrons. The molecule has 1 aliphatic carbocycles. The lowest BCUT2D eigenvalue weighted by atomic mass is 9.95. The van der Waals surface area contributed by atoms with E-state index in [1.807, 2.05) is 6.07 Å². The highest BCUT2D eigenvalue weighted by molar-refractivity contribution is 6.31. The van der Waals surface area contributed by atoms with Crippen LogP contribution in [-0.4, -0.2) is 11.6 Å². The molecule has 1 atom stereocenters. The lowest BCUT2D eigenvalue weighted by Crippen LogP contribution is -2.20. The van der Waals surface area contributed by atoms with Crippen LogP contribution >= 0.6 is 11.6 Å². The first-order valence-corrected chi connectivity index (χ1v) is 7.86. The van der Waals surface area contributed by atoms with E-state index in [0.717, 1.165) is 18.4 Å². The van der Waals surface area contributed by atoms with Crippen molar-refractivity contribution in [1.29, 1.82) is 0 Å². The largest absolute Gasteiger partial charge is 0.299 e. The molecule has 0 bridgehead atoms. The highest BCUT2D eigenvalue weighted by Gasteiger charge is 2.34. The minimum atomic E-state index is -0.463. The van der Waals surface area contributed by atoms with Crippen LogP contribution in [0.15, 0.2) is 18.2 Å². The van der Waals surface area contributed by atoms with Crippen LogP contribution < -0.4 is 0 Å². The van der Waals surface area contributed by atoms with Crippen molar-refractivity contribution in [2.75, 3.05) is 0 Å². The van der Waals surface area contributed by atoms with E-state index in [9.17, 15) is 9.59 Å². The first-order valence-electron chi connectivity index (χ1n) is 7.49. The monoisotopic (exact) mass is 292 g/mol. The zero-order valence-corrected chi connectivity index (χ0v) is 12.7. The Hall–Kier alpha value is -1.15. The summed E-state index contributed by atoms with van der Waals surface area (Å²) in [6.07, 6.45) is 6.65. The molecule has 0 saturated heterocycles. The molecule has 2 nitrogen and oxygen atoms in total. The number of halogens is 1. The maximum atomic E-state index is 12.2. The van der Waals surface area contributed by atoms with Gasteiger partial charge in [0, 0.05) is 17.0 Å². The summed E-state index contributed by atoms with van der Waals surface area (Å²) in [5, 5.41) is 0.629. The van der Waals surface area contributed by atoms with Gasteiger partial charge in [0.1, 0.15) is 5.78 Å². The van der Waals surface area contributed by atoms with Crippen molar-refractivity contribution < 1.29 is 9.59 Å². The van der Waals surface area contributed by atoms with Crippen LogP contribution in [0.5, 0.6) is 0 Å². The number of fused-ring (bicyclic) bond motifs is 1. The van der Waals surface area contributed by atoms with E-state index >= 15 is 0 Å². The molecule has 1 aromatic carbocycles. The Bertz CT molecular complexity index is 508. The number of benzene rings is 1. The van der Waals surface area contributed by atoms with Crippen LogP contribution in [0.2, 0.25) is 5.02 Å². The van der Waals surface area contributed by atoms with Crippen molar-refractivity contribution in [3.8, 4) is 0 Å². The van der Waals surface area contributed by atoms with E-state index < -0.39 is 5.92 Å². The summed E-state index contributed by atoms with van der Waals surface area (Å²) in [5.41, 5.74) is 1.60. The van der Waals surface area contributed by atoms with Crippen molar-refractivity contribution in [3.63, 3.8) is 0 Å². The Morgan fingerprint density at radius 2 is 2.00 bits per heavy atom. The second-order valence-electron chi connectivity index (χ2n) is 5.55. The molecule has 20 heavy (non-hydrogen) atoms. The fourth-order valence-electron chi connectivity index (χ4n) is 2.81. The van der Waals surface area contributed by atoms with E-state index in [0.29, 0.717) is 23.4 Å². The number of ketones is 2. The van der Waals surface area contributed by atoms with Crippen molar-refractivity contribution in [3.05, 3.63) is 34.3 Å². The number of hydrogen-bond donors (Lipinski definition) is 0. The van der Waals surface area contributed by atoms with E-state index in [-0.39, 0.29) is 11.6 Å². The van der Waals surface area contributed by atoms with Crippen molar-refractivity contribution in [2.45, 2.75) is 51.9 Å². The molecule has 1 aliphatic rings. The maximum Gasteiger partial charge on any atom is 0.173 e. The van der Waals surface area contributed by atoms with Crippen LogP contribution in [0.3, 0.4) is 0 Å². The topological polar surface area (TPSA) is 34.1 Å². The van der Waals surface area contributed by atoms with Crippen LogP contribution in [0.25, 0.3) is 0 Å². The molecule has 0 aliphatic heterocycles. The van der Waals surface area contributed by atoms with Gasteiger partial charge in [0.15, 0.2) is 5.78 Å². The van der Waals surface area contributed by atoms with Gasteiger partial charge in [-0.3, -0.25) is 9.59 Å². The Balaban J connectivity index is 1.88. The van der Waals surface area contributed by atoms with Crippen LogP contribution in [0, 0.1) is 5.92 Å². The van der Waals surface area contributed by atoms with Gasteiger partial charge in [-0.05, 0) is 36.6 Å². The normalized spacial score (nSPS) is 17.3. The summed E-state index contributed by atoms with van der Waals surface area (Å²) < 4.78 is 0. The molecule has 0 N–H and O–H groups in total. The molecular formula is C17H21ClO2. The molecule has 108 valence electrons. The summed E-state index contributed by atoms with van der Waals surface area (Å²) in [6.45, 7) is 2.17. The molecule has 0 fully saturated rings. The number of carbonyl (C=O) groups excluding carboxylic acids is 2. The van der Waals surface area contributed by atoms with Crippen molar-refractivity contribution >= 4 is 23.2 Å². The quantitative estimate of drug-likeness (QED) is 0.542. The summed E-state index contributed by atoms with van der Waals surface area (Å²) >= 11 is 5.93. The fourth-order valence-corrected chi connectivity index (χ4v) is 3.00. The van der Waals surface area contributed by atoms with Crippen molar-refractivity contribution in [1.82, 2.24) is 0 Å². The van der Waals surface area contributed by atoms with Gasteiger partial charge in [0.2, 0.25) is 0 Å². The van der Waals surface area contributed by atoms with Crippen LogP contribution in [0.1, 0.15) is 61.4 Å². The highest BCUT2D eigenvalue weighted by Crippen LogP contribution is 2.30. The summed E-state index contributed by atoms with van der Waals surface area (Å²) in [6, 6.07) is 5.27. The van der Waals surface area contributed by atoms with Gasteiger partial charge in [-0.2, -0.15) is 0 Å². The molecule has 1 unspecified atom stereocenters. The Morgan fingerprint density at radius 1 is 1.25 bits per heavy atom. The van der Waals surface area contributed by atoms with E-state index in [1.165, 1.54) is 19.3 Å². The predicted octanol–water partition coefficient (Wildman–Crippen LogP) is 4.62. The molecule has 2 rings (SSSR count). The second kappa shape index (κ2) is 7.03. The van der Waals surface area contributed by atoms with E-state index in [4.69, 9.17) is 11.6 Å². The third-order valence-electron chi connectivity index (χ3n) is 3.99. The Labute approximate surface area is 125 Å². The zero-order chi connectivity index (χ0) is 14.5. The standard InChI is InChI=1S/C17H21ClO2/c1-2-3-4-5-6-7-16(19)15-11-12-10-13(18)8-9-14(12)17(15)20/h8-10,15H,2-7,11H2,1H3. The molecule has 3 heteroatoms. The minimum Gasteiger partial charge on any atom is -0.299 e. The van der Waals surface area contributed by atoms with E-state index in [1.54, 1.807) is 12.1 Å². The maximum absolute atomic E-state index is 12.2. The smallest absolute Gasteiger partial charge is 0.173 e. The molecule has 0 saturated carbocycles. The van der Waals surface area contributed by atoms with Gasteiger partial charge in [0.25, 0.3) is 0 Å². The Morgan fingerprint density at radius 3 is 2.75 bits per heavy atom. The van der Waals surface area contributed by atoms with E-state index in [2.05, 4.69) is 6.92 Å². The molecular weight excluding hydrogens is 272 g/mol.